The summed E-state index contributed by atoms with van der Waals surface area (Å²) in [6.45, 7) is 3.68. The Hall–Kier alpha value is -1.97. The maximum atomic E-state index is 11.9. The third-order valence-corrected chi connectivity index (χ3v) is 2.43. The van der Waals surface area contributed by atoms with E-state index in [1.807, 2.05) is 13.8 Å². The fraction of sp³-hybridized carbons (Fsp3) is 0.250. The lowest BCUT2D eigenvalue weighted by Gasteiger charge is -2.08. The summed E-state index contributed by atoms with van der Waals surface area (Å²) in [4.78, 5) is 20.1. The average Bonchev–Trinajstić information content (AvgIpc) is 2.27. The van der Waals surface area contributed by atoms with Crippen molar-refractivity contribution in [3.63, 3.8) is 0 Å². The van der Waals surface area contributed by atoms with Crippen molar-refractivity contribution in [2.45, 2.75) is 13.8 Å². The molecule has 0 atom stereocenters. The molecule has 4 heteroatoms. The van der Waals surface area contributed by atoms with Gasteiger partial charge in [-0.15, -0.1) is 0 Å². The molecule has 0 amide bonds. The smallest absolute Gasteiger partial charge is 0.169 e. The number of carbonyl (C=O) groups excluding carboxylic acids is 1. The number of aromatic nitrogens is 2. The van der Waals surface area contributed by atoms with Crippen molar-refractivity contribution in [3.8, 4) is 0 Å². The highest BCUT2D eigenvalue weighted by Gasteiger charge is 2.15. The molecule has 16 heavy (non-hydrogen) atoms. The van der Waals surface area contributed by atoms with Crippen molar-refractivity contribution in [1.29, 1.82) is 0 Å². The predicted molar refractivity (Wildman–Crippen MR) is 63.1 cm³/mol. The summed E-state index contributed by atoms with van der Waals surface area (Å²) >= 11 is 0. The maximum absolute atomic E-state index is 11.9. The molecule has 0 fully saturated rings. The molecular formula is C12H13N3O. The Bertz CT molecular complexity index is 549. The molecule has 2 rings (SSSR count). The third kappa shape index (κ3) is 1.74. The molecule has 2 N–H and O–H groups in total. The predicted octanol–water partition coefficient (Wildman–Crippen LogP) is 2.05. The van der Waals surface area contributed by atoms with E-state index in [-0.39, 0.29) is 17.5 Å². The number of anilines is 1. The number of nitrogen functional groups attached to an aromatic ring is 1. The van der Waals surface area contributed by atoms with E-state index in [1.54, 1.807) is 24.5 Å². The second kappa shape index (κ2) is 3.89. The van der Waals surface area contributed by atoms with Crippen LogP contribution in [0.15, 0.2) is 24.5 Å². The number of fused-ring (bicyclic) bond motifs is 1. The van der Waals surface area contributed by atoms with E-state index in [9.17, 15) is 4.79 Å². The summed E-state index contributed by atoms with van der Waals surface area (Å²) in [5, 5.41) is 0.834. The number of ketones is 1. The molecule has 0 aliphatic carbocycles. The van der Waals surface area contributed by atoms with Crippen LogP contribution in [-0.2, 0) is 0 Å². The molecule has 4 nitrogen and oxygen atoms in total. The van der Waals surface area contributed by atoms with E-state index < -0.39 is 0 Å². The van der Waals surface area contributed by atoms with E-state index in [1.165, 1.54) is 0 Å². The minimum absolute atomic E-state index is 0.00996. The molecular weight excluding hydrogens is 202 g/mol. The van der Waals surface area contributed by atoms with E-state index in [0.717, 1.165) is 10.9 Å². The second-order valence-electron chi connectivity index (χ2n) is 4.01. The number of nitrogens with zero attached hydrogens (tertiary/aromatic N) is 2. The average molecular weight is 215 g/mol. The largest absolute Gasteiger partial charge is 0.383 e. The summed E-state index contributed by atoms with van der Waals surface area (Å²) < 4.78 is 0. The van der Waals surface area contributed by atoms with Gasteiger partial charge in [-0.1, -0.05) is 13.8 Å². The van der Waals surface area contributed by atoms with Crippen molar-refractivity contribution in [3.05, 3.63) is 30.1 Å². The Balaban J connectivity index is 2.63. The minimum Gasteiger partial charge on any atom is -0.383 e. The molecule has 0 saturated heterocycles. The zero-order chi connectivity index (χ0) is 11.7. The molecule has 0 unspecified atom stereocenters. The first-order valence-corrected chi connectivity index (χ1v) is 5.14. The summed E-state index contributed by atoms with van der Waals surface area (Å²) in [6.07, 6.45) is 3.33. The van der Waals surface area contributed by atoms with Crippen LogP contribution in [0.2, 0.25) is 0 Å². The van der Waals surface area contributed by atoms with Gasteiger partial charge in [0.25, 0.3) is 0 Å². The number of hydrogen-bond donors (Lipinski definition) is 1. The molecule has 0 aliphatic heterocycles. The summed E-state index contributed by atoms with van der Waals surface area (Å²) in [5.74, 6) is 0.214. The van der Waals surface area contributed by atoms with Crippen LogP contribution < -0.4 is 5.73 Å². The fourth-order valence-corrected chi connectivity index (χ4v) is 1.54. The Morgan fingerprint density at radius 3 is 2.88 bits per heavy atom. The summed E-state index contributed by atoms with van der Waals surface area (Å²) in [6, 6.07) is 3.53. The van der Waals surface area contributed by atoms with Crippen LogP contribution >= 0.6 is 0 Å². The van der Waals surface area contributed by atoms with Crippen LogP contribution in [0.25, 0.3) is 10.9 Å². The molecule has 0 bridgehead atoms. The molecule has 2 aromatic heterocycles. The van der Waals surface area contributed by atoms with E-state index in [0.29, 0.717) is 5.56 Å². The standard InChI is InChI=1S/C12H13N3O/c1-7(2)11(16)9-5-8-6-14-4-3-10(8)15-12(9)13/h3-7H,1-2H3,(H2,13,15). The summed E-state index contributed by atoms with van der Waals surface area (Å²) in [7, 11) is 0. The molecule has 0 aromatic carbocycles. The van der Waals surface area contributed by atoms with E-state index in [4.69, 9.17) is 5.73 Å². The zero-order valence-electron chi connectivity index (χ0n) is 9.27. The molecule has 0 radical (unpaired) electrons. The lowest BCUT2D eigenvalue weighted by Crippen LogP contribution is -2.11. The van der Waals surface area contributed by atoms with Crippen molar-refractivity contribution >= 4 is 22.5 Å². The van der Waals surface area contributed by atoms with Gasteiger partial charge in [-0.05, 0) is 12.1 Å². The van der Waals surface area contributed by atoms with E-state index in [2.05, 4.69) is 9.97 Å². The Morgan fingerprint density at radius 1 is 1.44 bits per heavy atom. The topological polar surface area (TPSA) is 68.9 Å². The van der Waals surface area contributed by atoms with Crippen molar-refractivity contribution < 1.29 is 4.79 Å². The molecule has 82 valence electrons. The molecule has 0 aliphatic rings. The van der Waals surface area contributed by atoms with Crippen molar-refractivity contribution in [1.82, 2.24) is 9.97 Å². The number of hydrogen-bond acceptors (Lipinski definition) is 4. The highest BCUT2D eigenvalue weighted by atomic mass is 16.1. The summed E-state index contributed by atoms with van der Waals surface area (Å²) in [5.41, 5.74) is 7.01. The van der Waals surface area contributed by atoms with Gasteiger partial charge in [0.1, 0.15) is 5.82 Å². The lowest BCUT2D eigenvalue weighted by atomic mass is 10.0. The third-order valence-electron chi connectivity index (χ3n) is 2.43. The molecule has 0 saturated carbocycles. The normalized spacial score (nSPS) is 10.9. The quantitative estimate of drug-likeness (QED) is 0.778. The van der Waals surface area contributed by atoms with Crippen molar-refractivity contribution in [2.75, 3.05) is 5.73 Å². The number of rotatable bonds is 2. The second-order valence-corrected chi connectivity index (χ2v) is 4.01. The highest BCUT2D eigenvalue weighted by molar-refractivity contribution is 6.03. The highest BCUT2D eigenvalue weighted by Crippen LogP contribution is 2.20. The van der Waals surface area contributed by atoms with Gasteiger partial charge in [0.05, 0.1) is 11.1 Å². The van der Waals surface area contributed by atoms with Gasteiger partial charge >= 0.3 is 0 Å². The van der Waals surface area contributed by atoms with Crippen LogP contribution in [0.3, 0.4) is 0 Å². The van der Waals surface area contributed by atoms with Gasteiger partial charge in [0, 0.05) is 23.7 Å². The Kier molecular flexibility index (Phi) is 2.56. The number of pyridine rings is 2. The molecule has 2 aromatic rings. The molecule has 0 spiro atoms. The van der Waals surface area contributed by atoms with Crippen LogP contribution in [0.4, 0.5) is 5.82 Å². The first kappa shape index (κ1) is 10.5. The van der Waals surface area contributed by atoms with Gasteiger partial charge in [0.15, 0.2) is 5.78 Å². The first-order chi connectivity index (χ1) is 7.59. The van der Waals surface area contributed by atoms with Gasteiger partial charge in [-0.2, -0.15) is 0 Å². The van der Waals surface area contributed by atoms with Gasteiger partial charge in [-0.3, -0.25) is 9.78 Å². The van der Waals surface area contributed by atoms with Crippen molar-refractivity contribution in [2.24, 2.45) is 5.92 Å². The number of nitrogens with two attached hydrogens (primary N) is 1. The number of carbonyl (C=O) groups is 1. The van der Waals surface area contributed by atoms with Crippen LogP contribution in [-0.4, -0.2) is 15.8 Å². The van der Waals surface area contributed by atoms with Crippen LogP contribution in [0.1, 0.15) is 24.2 Å². The number of Topliss-reactive ketones (excluding diaryl/α,β-unsaturated/α-hetero) is 1. The van der Waals surface area contributed by atoms with Gasteiger partial charge in [-0.25, -0.2) is 4.98 Å². The molecule has 2 heterocycles. The Labute approximate surface area is 93.5 Å². The fourth-order valence-electron chi connectivity index (χ4n) is 1.54. The maximum Gasteiger partial charge on any atom is 0.169 e. The monoisotopic (exact) mass is 215 g/mol. The SMILES string of the molecule is CC(C)C(=O)c1cc2cnccc2nc1N. The van der Waals surface area contributed by atoms with Gasteiger partial charge in [0.2, 0.25) is 0 Å². The van der Waals surface area contributed by atoms with Gasteiger partial charge < -0.3 is 5.73 Å². The van der Waals surface area contributed by atoms with E-state index >= 15 is 0 Å². The zero-order valence-corrected chi connectivity index (χ0v) is 9.27. The first-order valence-electron chi connectivity index (χ1n) is 5.14. The Morgan fingerprint density at radius 2 is 2.19 bits per heavy atom. The minimum atomic E-state index is -0.0850. The van der Waals surface area contributed by atoms with Crippen LogP contribution in [0, 0.1) is 5.92 Å². The lowest BCUT2D eigenvalue weighted by molar-refractivity contribution is 0.0940. The van der Waals surface area contributed by atoms with Crippen LogP contribution in [0.5, 0.6) is 0 Å².